The fourth-order valence-corrected chi connectivity index (χ4v) is 1.50. The van der Waals surface area contributed by atoms with Gasteiger partial charge in [0.25, 0.3) is 0 Å². The summed E-state index contributed by atoms with van der Waals surface area (Å²) in [6.45, 7) is 8.67. The third kappa shape index (κ3) is 3.59. The summed E-state index contributed by atoms with van der Waals surface area (Å²) >= 11 is 0. The Balaban J connectivity index is 2.62. The average molecular weight is 248 g/mol. The molecule has 0 saturated heterocycles. The van der Waals surface area contributed by atoms with Crippen molar-refractivity contribution in [2.24, 2.45) is 11.3 Å². The van der Waals surface area contributed by atoms with Gasteiger partial charge in [0, 0.05) is 18.9 Å². The van der Waals surface area contributed by atoms with Crippen LogP contribution in [-0.4, -0.2) is 15.5 Å². The normalized spacial score (nSPS) is 11.3. The van der Waals surface area contributed by atoms with E-state index in [0.717, 1.165) is 12.4 Å². The molecule has 0 aliphatic heterocycles. The predicted molar refractivity (Wildman–Crippen MR) is 68.3 cm³/mol. The smallest absolute Gasteiger partial charge is 0.240 e. The number of amides is 1. The molecule has 0 radical (unpaired) electrons. The standard InChI is InChI=1S/C13H20N4O/c1-10(2)8-17-6-5-15-11(17)7-16-12(18)13(3,4)9-14/h5-6,10H,7-8H2,1-4H3,(H,16,18). The van der Waals surface area contributed by atoms with E-state index in [2.05, 4.69) is 24.1 Å². The summed E-state index contributed by atoms with van der Waals surface area (Å²) in [5.41, 5.74) is -1.00. The van der Waals surface area contributed by atoms with Crippen LogP contribution >= 0.6 is 0 Å². The minimum Gasteiger partial charge on any atom is -0.348 e. The van der Waals surface area contributed by atoms with Gasteiger partial charge in [-0.05, 0) is 19.8 Å². The molecule has 1 heterocycles. The summed E-state index contributed by atoms with van der Waals surface area (Å²) in [5.74, 6) is 1.05. The van der Waals surface area contributed by atoms with Crippen LogP contribution in [0.2, 0.25) is 0 Å². The monoisotopic (exact) mass is 248 g/mol. The Morgan fingerprint density at radius 2 is 2.28 bits per heavy atom. The largest absolute Gasteiger partial charge is 0.348 e. The van der Waals surface area contributed by atoms with Gasteiger partial charge in [0.05, 0.1) is 12.6 Å². The van der Waals surface area contributed by atoms with Crippen molar-refractivity contribution in [2.45, 2.75) is 40.8 Å². The van der Waals surface area contributed by atoms with Gasteiger partial charge in [0.15, 0.2) is 0 Å². The second-order valence-corrected chi connectivity index (χ2v) is 5.31. The molecule has 0 bridgehead atoms. The highest BCUT2D eigenvalue weighted by Gasteiger charge is 2.27. The second kappa shape index (κ2) is 5.67. The number of carbonyl (C=O) groups is 1. The van der Waals surface area contributed by atoms with Crippen molar-refractivity contribution in [1.29, 1.82) is 5.26 Å². The maximum Gasteiger partial charge on any atom is 0.240 e. The number of nitriles is 1. The summed E-state index contributed by atoms with van der Waals surface area (Å²) in [4.78, 5) is 16.0. The molecule has 98 valence electrons. The molecule has 0 aliphatic carbocycles. The number of nitrogens with one attached hydrogen (secondary N) is 1. The molecule has 18 heavy (non-hydrogen) atoms. The Hall–Kier alpha value is -1.83. The van der Waals surface area contributed by atoms with E-state index in [4.69, 9.17) is 5.26 Å². The highest BCUT2D eigenvalue weighted by Crippen LogP contribution is 2.13. The van der Waals surface area contributed by atoms with E-state index in [0.29, 0.717) is 12.5 Å². The first-order valence-electron chi connectivity index (χ1n) is 6.06. The molecule has 1 aromatic rings. The molecule has 0 unspecified atom stereocenters. The minimum absolute atomic E-state index is 0.274. The van der Waals surface area contributed by atoms with Crippen LogP contribution in [0, 0.1) is 22.7 Å². The maximum absolute atomic E-state index is 11.8. The lowest BCUT2D eigenvalue weighted by Gasteiger charge is -2.16. The van der Waals surface area contributed by atoms with E-state index >= 15 is 0 Å². The van der Waals surface area contributed by atoms with E-state index in [-0.39, 0.29) is 5.91 Å². The Morgan fingerprint density at radius 3 is 2.83 bits per heavy atom. The molecule has 1 rings (SSSR count). The molecule has 0 aromatic carbocycles. The summed E-state index contributed by atoms with van der Waals surface area (Å²) in [5, 5.41) is 11.6. The molecule has 0 atom stereocenters. The fourth-order valence-electron chi connectivity index (χ4n) is 1.50. The molecular weight excluding hydrogens is 228 g/mol. The average Bonchev–Trinajstić information content (AvgIpc) is 2.72. The third-order valence-electron chi connectivity index (χ3n) is 2.62. The van der Waals surface area contributed by atoms with Gasteiger partial charge in [-0.1, -0.05) is 13.8 Å². The van der Waals surface area contributed by atoms with Crippen molar-refractivity contribution >= 4 is 5.91 Å². The van der Waals surface area contributed by atoms with Crippen LogP contribution in [0.15, 0.2) is 12.4 Å². The summed E-state index contributed by atoms with van der Waals surface area (Å²) in [7, 11) is 0. The van der Waals surface area contributed by atoms with E-state index < -0.39 is 5.41 Å². The molecular formula is C13H20N4O. The van der Waals surface area contributed by atoms with Crippen molar-refractivity contribution < 1.29 is 4.79 Å². The van der Waals surface area contributed by atoms with Crippen LogP contribution in [0.25, 0.3) is 0 Å². The first-order chi connectivity index (χ1) is 8.36. The van der Waals surface area contributed by atoms with Crippen molar-refractivity contribution in [3.05, 3.63) is 18.2 Å². The van der Waals surface area contributed by atoms with E-state index in [1.807, 2.05) is 16.8 Å². The van der Waals surface area contributed by atoms with Crippen molar-refractivity contribution in [2.75, 3.05) is 0 Å². The molecule has 0 saturated carbocycles. The molecule has 0 spiro atoms. The van der Waals surface area contributed by atoms with Crippen LogP contribution in [0.3, 0.4) is 0 Å². The minimum atomic E-state index is -1.00. The Morgan fingerprint density at radius 1 is 1.61 bits per heavy atom. The van der Waals surface area contributed by atoms with Gasteiger partial charge in [-0.3, -0.25) is 4.79 Å². The molecule has 5 heteroatoms. The Labute approximate surface area is 108 Å². The van der Waals surface area contributed by atoms with Crippen LogP contribution in [-0.2, 0) is 17.9 Å². The SMILES string of the molecule is CC(C)Cn1ccnc1CNC(=O)C(C)(C)C#N. The van der Waals surface area contributed by atoms with Crippen LogP contribution < -0.4 is 5.32 Å². The molecule has 1 N–H and O–H groups in total. The lowest BCUT2D eigenvalue weighted by atomic mass is 9.95. The van der Waals surface area contributed by atoms with E-state index in [1.165, 1.54) is 0 Å². The topological polar surface area (TPSA) is 70.7 Å². The van der Waals surface area contributed by atoms with Crippen LogP contribution in [0.1, 0.15) is 33.5 Å². The molecule has 1 amide bonds. The van der Waals surface area contributed by atoms with E-state index in [1.54, 1.807) is 20.0 Å². The number of hydrogen-bond donors (Lipinski definition) is 1. The predicted octanol–water partition coefficient (Wildman–Crippen LogP) is 1.71. The fraction of sp³-hybridized carbons (Fsp3) is 0.615. The first-order valence-corrected chi connectivity index (χ1v) is 6.06. The van der Waals surface area contributed by atoms with Crippen LogP contribution in [0.5, 0.6) is 0 Å². The van der Waals surface area contributed by atoms with Gasteiger partial charge in [0.1, 0.15) is 11.2 Å². The second-order valence-electron chi connectivity index (χ2n) is 5.31. The lowest BCUT2D eigenvalue weighted by molar-refractivity contribution is -0.127. The molecule has 5 nitrogen and oxygen atoms in total. The molecule has 0 aliphatic rings. The van der Waals surface area contributed by atoms with Gasteiger partial charge in [0.2, 0.25) is 5.91 Å². The van der Waals surface area contributed by atoms with Gasteiger partial charge in [-0.25, -0.2) is 4.98 Å². The number of aromatic nitrogens is 2. The Kier molecular flexibility index (Phi) is 4.49. The van der Waals surface area contributed by atoms with Gasteiger partial charge < -0.3 is 9.88 Å². The Bertz CT molecular complexity index is 454. The lowest BCUT2D eigenvalue weighted by Crippen LogP contribution is -2.36. The summed E-state index contributed by atoms with van der Waals surface area (Å²) < 4.78 is 2.02. The zero-order valence-electron chi connectivity index (χ0n) is 11.4. The molecule has 1 aromatic heterocycles. The third-order valence-corrected chi connectivity index (χ3v) is 2.62. The van der Waals surface area contributed by atoms with Gasteiger partial charge >= 0.3 is 0 Å². The first kappa shape index (κ1) is 14.2. The zero-order chi connectivity index (χ0) is 13.8. The number of hydrogen-bond acceptors (Lipinski definition) is 3. The highest BCUT2D eigenvalue weighted by molar-refractivity contribution is 5.84. The van der Waals surface area contributed by atoms with Crippen molar-refractivity contribution in [3.63, 3.8) is 0 Å². The summed E-state index contributed by atoms with van der Waals surface area (Å²) in [6.07, 6.45) is 3.62. The van der Waals surface area contributed by atoms with Crippen molar-refractivity contribution in [3.8, 4) is 6.07 Å². The number of imidazole rings is 1. The van der Waals surface area contributed by atoms with Gasteiger partial charge in [-0.2, -0.15) is 5.26 Å². The number of carbonyl (C=O) groups excluding carboxylic acids is 1. The van der Waals surface area contributed by atoms with E-state index in [9.17, 15) is 4.79 Å². The maximum atomic E-state index is 11.8. The number of rotatable bonds is 5. The van der Waals surface area contributed by atoms with Crippen molar-refractivity contribution in [1.82, 2.24) is 14.9 Å². The number of nitrogens with zero attached hydrogens (tertiary/aromatic N) is 3. The van der Waals surface area contributed by atoms with Gasteiger partial charge in [-0.15, -0.1) is 0 Å². The zero-order valence-corrected chi connectivity index (χ0v) is 11.4. The van der Waals surface area contributed by atoms with Crippen LogP contribution in [0.4, 0.5) is 0 Å². The summed E-state index contributed by atoms with van der Waals surface area (Å²) in [6, 6.07) is 1.98. The highest BCUT2D eigenvalue weighted by atomic mass is 16.2. The quantitative estimate of drug-likeness (QED) is 0.862. The molecule has 0 fully saturated rings.